The zero-order valence-electron chi connectivity index (χ0n) is 11.1. The monoisotopic (exact) mass is 262 g/mol. The van der Waals surface area contributed by atoms with Crippen LogP contribution in [0.3, 0.4) is 0 Å². The van der Waals surface area contributed by atoms with E-state index in [0.29, 0.717) is 42.5 Å². The first-order valence-electron chi connectivity index (χ1n) is 6.27. The molecule has 0 spiro atoms. The standard InChI is InChI=1S/C13H18N4O2/c1-3-19-10-5-4-8-17-11(9(2)16-12(10)17)13(18)15-7-6-14/h4-5,8H,3,6-7,14H2,1-2H3,(H,15,18). The summed E-state index contributed by atoms with van der Waals surface area (Å²) in [5.41, 5.74) is 7.23. The average molecular weight is 262 g/mol. The van der Waals surface area contributed by atoms with Crippen molar-refractivity contribution in [2.45, 2.75) is 13.8 Å². The molecule has 0 aliphatic heterocycles. The van der Waals surface area contributed by atoms with E-state index in [1.807, 2.05) is 19.1 Å². The Morgan fingerprint density at radius 2 is 2.37 bits per heavy atom. The van der Waals surface area contributed by atoms with Gasteiger partial charge < -0.3 is 15.8 Å². The SMILES string of the molecule is CCOc1cccn2c(C(=O)NCCN)c(C)nc12. The fraction of sp³-hybridized carbons (Fsp3) is 0.385. The highest BCUT2D eigenvalue weighted by Crippen LogP contribution is 2.21. The molecule has 0 radical (unpaired) electrons. The predicted octanol–water partition coefficient (Wildman–Crippen LogP) is 0.730. The Kier molecular flexibility index (Phi) is 4.01. The van der Waals surface area contributed by atoms with Crippen molar-refractivity contribution in [1.82, 2.24) is 14.7 Å². The van der Waals surface area contributed by atoms with E-state index in [9.17, 15) is 4.79 Å². The molecule has 0 atom stereocenters. The number of ether oxygens (including phenoxy) is 1. The molecule has 0 bridgehead atoms. The highest BCUT2D eigenvalue weighted by molar-refractivity contribution is 5.94. The molecule has 0 aliphatic rings. The van der Waals surface area contributed by atoms with Crippen molar-refractivity contribution in [3.63, 3.8) is 0 Å². The summed E-state index contributed by atoms with van der Waals surface area (Å²) < 4.78 is 7.26. The second kappa shape index (κ2) is 5.71. The fourth-order valence-electron chi connectivity index (χ4n) is 1.97. The van der Waals surface area contributed by atoms with Crippen molar-refractivity contribution < 1.29 is 9.53 Å². The lowest BCUT2D eigenvalue weighted by Crippen LogP contribution is -2.30. The van der Waals surface area contributed by atoms with Gasteiger partial charge in [-0.25, -0.2) is 4.98 Å². The molecule has 6 nitrogen and oxygen atoms in total. The molecule has 6 heteroatoms. The Morgan fingerprint density at radius 1 is 1.58 bits per heavy atom. The van der Waals surface area contributed by atoms with E-state index < -0.39 is 0 Å². The summed E-state index contributed by atoms with van der Waals surface area (Å²) in [5.74, 6) is 0.495. The molecule has 2 aromatic heterocycles. The van der Waals surface area contributed by atoms with Gasteiger partial charge in [0.2, 0.25) is 0 Å². The second-order valence-corrected chi connectivity index (χ2v) is 4.09. The quantitative estimate of drug-likeness (QED) is 0.832. The van der Waals surface area contributed by atoms with Gasteiger partial charge in [-0.1, -0.05) is 0 Å². The van der Waals surface area contributed by atoms with Crippen LogP contribution >= 0.6 is 0 Å². The molecule has 0 unspecified atom stereocenters. The highest BCUT2D eigenvalue weighted by Gasteiger charge is 2.18. The van der Waals surface area contributed by atoms with E-state index in [2.05, 4.69) is 10.3 Å². The van der Waals surface area contributed by atoms with Gasteiger partial charge in [0, 0.05) is 19.3 Å². The first-order valence-corrected chi connectivity index (χ1v) is 6.27. The molecule has 102 valence electrons. The van der Waals surface area contributed by atoms with Crippen LogP contribution in [-0.4, -0.2) is 35.0 Å². The van der Waals surface area contributed by atoms with Gasteiger partial charge in [0.25, 0.3) is 5.91 Å². The highest BCUT2D eigenvalue weighted by atomic mass is 16.5. The lowest BCUT2D eigenvalue weighted by atomic mass is 10.3. The molecule has 0 aromatic carbocycles. The van der Waals surface area contributed by atoms with Crippen molar-refractivity contribution in [2.75, 3.05) is 19.7 Å². The molecule has 2 aromatic rings. The summed E-state index contributed by atoms with van der Waals surface area (Å²) >= 11 is 0. The number of fused-ring (bicyclic) bond motifs is 1. The normalized spacial score (nSPS) is 10.7. The van der Waals surface area contributed by atoms with Crippen molar-refractivity contribution in [3.05, 3.63) is 29.7 Å². The third-order valence-corrected chi connectivity index (χ3v) is 2.73. The minimum Gasteiger partial charge on any atom is -0.490 e. The number of hydrogen-bond donors (Lipinski definition) is 2. The molecule has 0 aliphatic carbocycles. The van der Waals surface area contributed by atoms with Crippen molar-refractivity contribution in [2.24, 2.45) is 5.73 Å². The summed E-state index contributed by atoms with van der Waals surface area (Å²) in [5, 5.41) is 2.75. The molecule has 19 heavy (non-hydrogen) atoms. The van der Waals surface area contributed by atoms with Crippen LogP contribution in [0.4, 0.5) is 0 Å². The Bertz CT molecular complexity index is 592. The van der Waals surface area contributed by atoms with Crippen LogP contribution in [0.2, 0.25) is 0 Å². The van der Waals surface area contributed by atoms with Gasteiger partial charge in [0.05, 0.1) is 12.3 Å². The van der Waals surface area contributed by atoms with E-state index in [0.717, 1.165) is 0 Å². The van der Waals surface area contributed by atoms with Gasteiger partial charge in [-0.15, -0.1) is 0 Å². The number of nitrogens with zero attached hydrogens (tertiary/aromatic N) is 2. The maximum Gasteiger partial charge on any atom is 0.270 e. The first kappa shape index (κ1) is 13.4. The van der Waals surface area contributed by atoms with Crippen molar-refractivity contribution in [3.8, 4) is 5.75 Å². The number of aromatic nitrogens is 2. The van der Waals surface area contributed by atoms with E-state index in [1.54, 1.807) is 17.5 Å². The molecule has 0 fully saturated rings. The van der Waals surface area contributed by atoms with Crippen LogP contribution in [0.15, 0.2) is 18.3 Å². The number of imidazole rings is 1. The molecule has 3 N–H and O–H groups in total. The summed E-state index contributed by atoms with van der Waals surface area (Å²) in [6.07, 6.45) is 1.80. The number of nitrogens with two attached hydrogens (primary N) is 1. The van der Waals surface area contributed by atoms with Gasteiger partial charge in [-0.3, -0.25) is 9.20 Å². The molecule has 0 saturated carbocycles. The molecular weight excluding hydrogens is 244 g/mol. The van der Waals surface area contributed by atoms with Gasteiger partial charge in [0.15, 0.2) is 11.4 Å². The number of nitrogens with one attached hydrogen (secondary N) is 1. The van der Waals surface area contributed by atoms with Gasteiger partial charge in [-0.2, -0.15) is 0 Å². The van der Waals surface area contributed by atoms with Crippen LogP contribution in [-0.2, 0) is 0 Å². The summed E-state index contributed by atoms with van der Waals surface area (Å²) in [4.78, 5) is 16.5. The largest absolute Gasteiger partial charge is 0.490 e. The van der Waals surface area contributed by atoms with E-state index in [1.165, 1.54) is 0 Å². The Balaban J connectivity index is 2.47. The van der Waals surface area contributed by atoms with E-state index in [4.69, 9.17) is 10.5 Å². The number of aryl methyl sites for hydroxylation is 1. The van der Waals surface area contributed by atoms with Gasteiger partial charge in [-0.05, 0) is 26.0 Å². The summed E-state index contributed by atoms with van der Waals surface area (Å²) in [6.45, 7) is 5.12. The number of rotatable bonds is 5. The Morgan fingerprint density at radius 3 is 3.05 bits per heavy atom. The van der Waals surface area contributed by atoms with Gasteiger partial charge in [0.1, 0.15) is 5.69 Å². The van der Waals surface area contributed by atoms with Crippen LogP contribution < -0.4 is 15.8 Å². The Labute approximate surface area is 111 Å². The van der Waals surface area contributed by atoms with Crippen molar-refractivity contribution in [1.29, 1.82) is 0 Å². The van der Waals surface area contributed by atoms with Gasteiger partial charge >= 0.3 is 0 Å². The van der Waals surface area contributed by atoms with Crippen LogP contribution in [0.5, 0.6) is 5.75 Å². The molecule has 0 saturated heterocycles. The minimum absolute atomic E-state index is 0.177. The van der Waals surface area contributed by atoms with Crippen LogP contribution in [0, 0.1) is 6.92 Å². The average Bonchev–Trinajstić information content (AvgIpc) is 2.73. The maximum absolute atomic E-state index is 12.1. The summed E-state index contributed by atoms with van der Waals surface area (Å²) in [6, 6.07) is 3.67. The van der Waals surface area contributed by atoms with Crippen LogP contribution in [0.1, 0.15) is 23.1 Å². The summed E-state index contributed by atoms with van der Waals surface area (Å²) in [7, 11) is 0. The van der Waals surface area contributed by atoms with E-state index in [-0.39, 0.29) is 5.91 Å². The third kappa shape index (κ3) is 2.53. The lowest BCUT2D eigenvalue weighted by molar-refractivity contribution is 0.0948. The number of pyridine rings is 1. The predicted molar refractivity (Wildman–Crippen MR) is 72.5 cm³/mol. The lowest BCUT2D eigenvalue weighted by Gasteiger charge is -2.06. The Hall–Kier alpha value is -2.08. The molecule has 2 rings (SSSR count). The van der Waals surface area contributed by atoms with Crippen LogP contribution in [0.25, 0.3) is 5.65 Å². The maximum atomic E-state index is 12.1. The number of carbonyl (C=O) groups is 1. The zero-order chi connectivity index (χ0) is 13.8. The zero-order valence-corrected chi connectivity index (χ0v) is 11.1. The smallest absolute Gasteiger partial charge is 0.270 e. The number of amides is 1. The number of hydrogen-bond acceptors (Lipinski definition) is 4. The molecule has 1 amide bonds. The third-order valence-electron chi connectivity index (χ3n) is 2.73. The molecule has 2 heterocycles. The first-order chi connectivity index (χ1) is 9.19. The molecular formula is C13H18N4O2. The minimum atomic E-state index is -0.177. The topological polar surface area (TPSA) is 81.7 Å². The fourth-order valence-corrected chi connectivity index (χ4v) is 1.97. The number of carbonyl (C=O) groups excluding carboxylic acids is 1. The second-order valence-electron chi connectivity index (χ2n) is 4.09. The van der Waals surface area contributed by atoms with E-state index >= 15 is 0 Å². The van der Waals surface area contributed by atoms with Crippen molar-refractivity contribution >= 4 is 11.6 Å².